The monoisotopic (exact) mass is 896 g/mol. The van der Waals surface area contributed by atoms with Crippen LogP contribution < -0.4 is 16.2 Å². The zero-order chi connectivity index (χ0) is 45.1. The molecule has 1 aliphatic heterocycles. The molecule has 0 saturated heterocycles. The quantitative estimate of drug-likeness (QED) is 0.174. The van der Waals surface area contributed by atoms with Crippen LogP contribution in [0.25, 0.3) is 101 Å². The fourth-order valence-electron chi connectivity index (χ4n) is 12.1. The van der Waals surface area contributed by atoms with E-state index in [9.17, 15) is 0 Å². The van der Waals surface area contributed by atoms with Crippen molar-refractivity contribution in [3.05, 3.63) is 174 Å². The highest BCUT2D eigenvalue weighted by molar-refractivity contribution is 7.26. The minimum absolute atomic E-state index is 0.117. The third-order valence-corrected chi connectivity index (χ3v) is 18.0. The zero-order valence-corrected chi connectivity index (χ0v) is 40.5. The Morgan fingerprint density at radius 1 is 0.522 bits per heavy atom. The maximum Gasteiger partial charge on any atom is 0.198 e. The van der Waals surface area contributed by atoms with E-state index in [1.54, 1.807) is 0 Å². The summed E-state index contributed by atoms with van der Waals surface area (Å²) in [5, 5.41) is 14.6. The molecule has 322 valence electrons. The van der Waals surface area contributed by atoms with E-state index in [0.29, 0.717) is 0 Å². The predicted octanol–water partition coefficient (Wildman–Crippen LogP) is 16.4. The van der Waals surface area contributed by atoms with Gasteiger partial charge in [-0.05, 0) is 148 Å². The van der Waals surface area contributed by atoms with Crippen molar-refractivity contribution in [2.24, 2.45) is 0 Å². The van der Waals surface area contributed by atoms with Crippen LogP contribution >= 0.6 is 22.7 Å². The highest BCUT2D eigenvalue weighted by atomic mass is 32.1. The third kappa shape index (κ3) is 5.81. The van der Waals surface area contributed by atoms with Gasteiger partial charge >= 0.3 is 0 Å². The predicted molar refractivity (Wildman–Crippen MR) is 296 cm³/mol. The first kappa shape index (κ1) is 39.5. The number of nitrogens with one attached hydrogen (secondary N) is 1. The van der Waals surface area contributed by atoms with Crippen molar-refractivity contribution in [1.82, 2.24) is 4.57 Å². The van der Waals surface area contributed by atoms with E-state index < -0.39 is 0 Å². The molecule has 12 aromatic rings. The topological polar surface area (TPSA) is 17.0 Å². The molecule has 1 N–H and O–H groups in total. The number of fused-ring (bicyclic) bond motifs is 14. The molecule has 0 spiro atoms. The van der Waals surface area contributed by atoms with Crippen LogP contribution in [0.3, 0.4) is 0 Å². The summed E-state index contributed by atoms with van der Waals surface area (Å²) in [5.41, 5.74) is 19.7. The average Bonchev–Trinajstić information content (AvgIpc) is 4.00. The van der Waals surface area contributed by atoms with Crippen molar-refractivity contribution in [1.29, 1.82) is 0 Å². The molecule has 0 radical (unpaired) electrons. The first-order chi connectivity index (χ1) is 32.5. The van der Waals surface area contributed by atoms with Crippen molar-refractivity contribution < 1.29 is 0 Å². The SMILES string of the molecule is Cc1ccc(Nc2cc3sc4cc5c(cc4c3cc2-c2cc(-c3ccc4c(c3)sc3ccccc34)c3c4c6ccccc6ccc4n4c3c2Bc2cc(C)ccc2-4)C(C)(C)CCC5(C)C)cc1. The number of nitrogens with zero attached hydrogens (tertiary/aromatic N) is 1. The molecule has 0 fully saturated rings. The lowest BCUT2D eigenvalue weighted by Crippen LogP contribution is -2.37. The van der Waals surface area contributed by atoms with Gasteiger partial charge in [0.15, 0.2) is 7.28 Å². The Hall–Kier alpha value is -6.66. The second-order valence-corrected chi connectivity index (χ2v) is 23.1. The summed E-state index contributed by atoms with van der Waals surface area (Å²) < 4.78 is 7.97. The van der Waals surface area contributed by atoms with Crippen LogP contribution in [-0.4, -0.2) is 11.8 Å². The minimum atomic E-state index is 0.117. The molecule has 0 unspecified atom stereocenters. The molecule has 67 heavy (non-hydrogen) atoms. The Morgan fingerprint density at radius 2 is 1.21 bits per heavy atom. The van der Waals surface area contributed by atoms with Crippen LogP contribution in [-0.2, 0) is 10.8 Å². The van der Waals surface area contributed by atoms with Crippen molar-refractivity contribution in [3.63, 3.8) is 0 Å². The van der Waals surface area contributed by atoms with E-state index in [4.69, 9.17) is 0 Å². The lowest BCUT2D eigenvalue weighted by atomic mass is 9.58. The van der Waals surface area contributed by atoms with Crippen molar-refractivity contribution >= 4 is 125 Å². The molecule has 3 aromatic heterocycles. The Balaban J connectivity index is 1.14. The fourth-order valence-corrected chi connectivity index (χ4v) is 14.4. The molecule has 2 nitrogen and oxygen atoms in total. The van der Waals surface area contributed by atoms with Gasteiger partial charge in [-0.15, -0.1) is 22.7 Å². The van der Waals surface area contributed by atoms with E-state index in [1.807, 2.05) is 22.7 Å². The van der Waals surface area contributed by atoms with E-state index >= 15 is 0 Å². The van der Waals surface area contributed by atoms with Gasteiger partial charge in [0.25, 0.3) is 0 Å². The maximum atomic E-state index is 4.03. The Bertz CT molecular complexity index is 4120. The molecule has 9 aromatic carbocycles. The van der Waals surface area contributed by atoms with Gasteiger partial charge in [-0.1, -0.05) is 129 Å². The number of aromatic nitrogens is 1. The Labute approximate surface area is 399 Å². The number of thiophene rings is 2. The largest absolute Gasteiger partial charge is 0.355 e. The fraction of sp³-hybridized carbons (Fsp3) is 0.161. The summed E-state index contributed by atoms with van der Waals surface area (Å²) in [5.74, 6) is 0. The first-order valence-electron chi connectivity index (χ1n) is 23.9. The summed E-state index contributed by atoms with van der Waals surface area (Å²) in [6, 6.07) is 58.6. The smallest absolute Gasteiger partial charge is 0.198 e. The number of rotatable bonds is 4. The number of hydrogen-bond donors (Lipinski definition) is 1. The maximum absolute atomic E-state index is 4.03. The van der Waals surface area contributed by atoms with Crippen LogP contribution in [0.1, 0.15) is 62.8 Å². The van der Waals surface area contributed by atoms with Gasteiger partial charge in [0.05, 0.1) is 5.52 Å². The first-order valence-corrected chi connectivity index (χ1v) is 25.5. The molecule has 0 amide bonds. The summed E-state index contributed by atoms with van der Waals surface area (Å²) in [6.07, 6.45) is 2.40. The minimum Gasteiger partial charge on any atom is -0.355 e. The second kappa shape index (κ2) is 13.9. The van der Waals surface area contributed by atoms with Crippen molar-refractivity contribution in [3.8, 4) is 27.9 Å². The lowest BCUT2D eigenvalue weighted by Gasteiger charge is -2.41. The lowest BCUT2D eigenvalue weighted by molar-refractivity contribution is 0.332. The van der Waals surface area contributed by atoms with E-state index in [2.05, 4.69) is 203 Å². The molecule has 4 heterocycles. The normalized spacial score (nSPS) is 15.0. The van der Waals surface area contributed by atoms with E-state index in [0.717, 1.165) is 18.7 Å². The number of benzene rings is 9. The molecule has 0 bridgehead atoms. The number of anilines is 2. The second-order valence-electron chi connectivity index (χ2n) is 21.0. The molecule has 2 aliphatic rings. The van der Waals surface area contributed by atoms with Gasteiger partial charge < -0.3 is 9.88 Å². The summed E-state index contributed by atoms with van der Waals surface area (Å²) in [7, 11) is 0.843. The van der Waals surface area contributed by atoms with Crippen LogP contribution in [0.5, 0.6) is 0 Å². The Morgan fingerprint density at radius 3 is 2.04 bits per heavy atom. The van der Waals surface area contributed by atoms with Gasteiger partial charge in [0.2, 0.25) is 0 Å². The standard InChI is InChI=1S/C62H49BN2S2/c1-34-15-20-38(21-16-34)64-50-33-56-44(45-31-47-48(32-55(45)67-56)62(5,6)26-25-61(47,3)4)30-43(50)46-29-42(37-18-22-41-40-13-9-10-14-53(40)66-54(41)28-37)58-57-39-12-8-7-11-36(39)19-24-52(57)65-51-23-17-35(2)27-49(51)63-59(46)60(58)65/h7-24,27-33,63-64H,25-26H2,1-6H3. The molecule has 14 rings (SSSR count). The molecule has 0 saturated carbocycles. The highest BCUT2D eigenvalue weighted by Crippen LogP contribution is 2.51. The summed E-state index contributed by atoms with van der Waals surface area (Å²) in [6.45, 7) is 14.2. The van der Waals surface area contributed by atoms with Crippen LogP contribution in [0, 0.1) is 13.8 Å². The third-order valence-electron chi connectivity index (χ3n) is 15.8. The molecule has 5 heteroatoms. The van der Waals surface area contributed by atoms with Crippen LogP contribution in [0.4, 0.5) is 11.4 Å². The zero-order valence-electron chi connectivity index (χ0n) is 38.8. The van der Waals surface area contributed by atoms with Gasteiger partial charge in [-0.25, -0.2) is 0 Å². The van der Waals surface area contributed by atoms with Gasteiger partial charge in [0, 0.05) is 79.3 Å². The average molecular weight is 897 g/mol. The summed E-state index contributed by atoms with van der Waals surface area (Å²) in [4.78, 5) is 0. The molecular weight excluding hydrogens is 848 g/mol. The highest BCUT2D eigenvalue weighted by Gasteiger charge is 2.38. The van der Waals surface area contributed by atoms with Crippen molar-refractivity contribution in [2.75, 3.05) is 5.32 Å². The molecular formula is C62H49BN2S2. The number of aryl methyl sites for hydroxylation is 2. The molecule has 0 atom stereocenters. The number of hydrogen-bond acceptors (Lipinski definition) is 3. The van der Waals surface area contributed by atoms with Gasteiger partial charge in [0.1, 0.15) is 0 Å². The van der Waals surface area contributed by atoms with Gasteiger partial charge in [-0.2, -0.15) is 0 Å². The van der Waals surface area contributed by atoms with Crippen LogP contribution in [0.2, 0.25) is 0 Å². The van der Waals surface area contributed by atoms with E-state index in [1.165, 1.54) is 147 Å². The molecule has 1 aliphatic carbocycles. The summed E-state index contributed by atoms with van der Waals surface area (Å²) >= 11 is 3.85. The van der Waals surface area contributed by atoms with Crippen molar-refractivity contribution in [2.45, 2.75) is 65.2 Å². The van der Waals surface area contributed by atoms with Crippen LogP contribution in [0.15, 0.2) is 152 Å². The van der Waals surface area contributed by atoms with Gasteiger partial charge in [-0.3, -0.25) is 0 Å². The Kier molecular flexibility index (Phi) is 8.22. The van der Waals surface area contributed by atoms with E-state index in [-0.39, 0.29) is 10.8 Å².